The molecule has 0 saturated heterocycles. The monoisotopic (exact) mass is 334 g/mol. The van der Waals surface area contributed by atoms with E-state index in [1.165, 1.54) is 24.3 Å². The average Bonchev–Trinajstić information content (AvgIpc) is 2.50. The highest BCUT2D eigenvalue weighted by molar-refractivity contribution is 7.92. The van der Waals surface area contributed by atoms with Crippen LogP contribution < -0.4 is 10.0 Å². The van der Waals surface area contributed by atoms with Crippen LogP contribution in [0.1, 0.15) is 12.5 Å². The Morgan fingerprint density at radius 2 is 1.57 bits per heavy atom. The number of carbonyl (C=O) groups is 1. The van der Waals surface area contributed by atoms with Gasteiger partial charge in [0.2, 0.25) is 0 Å². The van der Waals surface area contributed by atoms with Crippen molar-refractivity contribution in [3.63, 3.8) is 0 Å². The topological polar surface area (TPSA) is 84.5 Å². The lowest BCUT2D eigenvalue weighted by atomic mass is 10.2. The van der Waals surface area contributed by atoms with Gasteiger partial charge < -0.3 is 4.74 Å². The molecule has 1 amide bonds. The summed E-state index contributed by atoms with van der Waals surface area (Å²) in [6.07, 6.45) is -0.583. The molecule has 0 spiro atoms. The minimum absolute atomic E-state index is 0.104. The number of rotatable bonds is 5. The van der Waals surface area contributed by atoms with Crippen LogP contribution in [0.4, 0.5) is 16.2 Å². The molecule has 0 aliphatic carbocycles. The third kappa shape index (κ3) is 4.72. The molecule has 2 aromatic carbocycles. The summed E-state index contributed by atoms with van der Waals surface area (Å²) in [6, 6.07) is 12.9. The van der Waals surface area contributed by atoms with E-state index < -0.39 is 16.1 Å². The molecule has 0 radical (unpaired) electrons. The molecular formula is C16H18N2O4S. The van der Waals surface area contributed by atoms with Crippen molar-refractivity contribution in [2.45, 2.75) is 18.7 Å². The molecular weight excluding hydrogens is 316 g/mol. The van der Waals surface area contributed by atoms with Crippen LogP contribution in [0, 0.1) is 6.92 Å². The minimum Gasteiger partial charge on any atom is -0.450 e. The maximum absolute atomic E-state index is 12.3. The minimum atomic E-state index is -3.68. The van der Waals surface area contributed by atoms with Gasteiger partial charge in [0.05, 0.1) is 11.5 Å². The molecule has 122 valence electrons. The van der Waals surface area contributed by atoms with Crippen LogP contribution in [0.15, 0.2) is 53.4 Å². The standard InChI is InChI=1S/C16H18N2O4S/c1-3-22-16(19)17-13-8-10-15(11-9-13)23(20,21)18-14-6-4-12(2)5-7-14/h4-11,18H,3H2,1-2H3,(H,17,19). The summed E-state index contributed by atoms with van der Waals surface area (Å²) in [5.41, 5.74) is 1.99. The van der Waals surface area contributed by atoms with E-state index in [9.17, 15) is 13.2 Å². The number of hydrogen-bond donors (Lipinski definition) is 2. The van der Waals surface area contributed by atoms with Gasteiger partial charge in [0.15, 0.2) is 0 Å². The van der Waals surface area contributed by atoms with E-state index in [2.05, 4.69) is 10.0 Å². The van der Waals surface area contributed by atoms with Crippen LogP contribution in [0.25, 0.3) is 0 Å². The Balaban J connectivity index is 2.11. The van der Waals surface area contributed by atoms with Crippen molar-refractivity contribution in [1.82, 2.24) is 0 Å². The zero-order valence-corrected chi connectivity index (χ0v) is 13.7. The highest BCUT2D eigenvalue weighted by Gasteiger charge is 2.14. The molecule has 2 N–H and O–H groups in total. The van der Waals surface area contributed by atoms with E-state index in [1.807, 2.05) is 19.1 Å². The van der Waals surface area contributed by atoms with Crippen molar-refractivity contribution in [3.8, 4) is 0 Å². The lowest BCUT2D eigenvalue weighted by molar-refractivity contribution is 0.168. The third-order valence-electron chi connectivity index (χ3n) is 2.99. The number of benzene rings is 2. The van der Waals surface area contributed by atoms with Crippen LogP contribution >= 0.6 is 0 Å². The van der Waals surface area contributed by atoms with Crippen LogP contribution in [-0.4, -0.2) is 21.1 Å². The van der Waals surface area contributed by atoms with E-state index in [-0.39, 0.29) is 11.5 Å². The molecule has 0 atom stereocenters. The third-order valence-corrected chi connectivity index (χ3v) is 4.39. The zero-order valence-electron chi connectivity index (χ0n) is 12.9. The van der Waals surface area contributed by atoms with Gasteiger partial charge in [0, 0.05) is 11.4 Å². The quantitative estimate of drug-likeness (QED) is 0.878. The van der Waals surface area contributed by atoms with Gasteiger partial charge in [-0.25, -0.2) is 13.2 Å². The Morgan fingerprint density at radius 1 is 1.00 bits per heavy atom. The Labute approximate surface area is 135 Å². The Kier molecular flexibility index (Phi) is 5.23. The number of sulfonamides is 1. The van der Waals surface area contributed by atoms with E-state index in [4.69, 9.17) is 4.74 Å². The first kappa shape index (κ1) is 16.8. The Hall–Kier alpha value is -2.54. The van der Waals surface area contributed by atoms with E-state index >= 15 is 0 Å². The van der Waals surface area contributed by atoms with Gasteiger partial charge in [0.1, 0.15) is 0 Å². The van der Waals surface area contributed by atoms with Crippen molar-refractivity contribution in [2.75, 3.05) is 16.6 Å². The first-order chi connectivity index (χ1) is 10.9. The molecule has 0 saturated carbocycles. The molecule has 6 nitrogen and oxygen atoms in total. The summed E-state index contributed by atoms with van der Waals surface area (Å²) < 4.78 is 31.9. The van der Waals surface area contributed by atoms with E-state index in [1.54, 1.807) is 19.1 Å². The van der Waals surface area contributed by atoms with E-state index in [0.717, 1.165) is 5.56 Å². The first-order valence-corrected chi connectivity index (χ1v) is 8.52. The fourth-order valence-electron chi connectivity index (χ4n) is 1.84. The summed E-state index contributed by atoms with van der Waals surface area (Å²) in [7, 11) is -3.68. The number of nitrogens with one attached hydrogen (secondary N) is 2. The first-order valence-electron chi connectivity index (χ1n) is 7.04. The van der Waals surface area contributed by atoms with Gasteiger partial charge in [0.25, 0.3) is 10.0 Å². The van der Waals surface area contributed by atoms with Crippen molar-refractivity contribution < 1.29 is 17.9 Å². The number of anilines is 2. The predicted molar refractivity (Wildman–Crippen MR) is 89.1 cm³/mol. The summed E-state index contributed by atoms with van der Waals surface area (Å²) in [6.45, 7) is 3.89. The van der Waals surface area contributed by atoms with Gasteiger partial charge in [-0.15, -0.1) is 0 Å². The fraction of sp³-hybridized carbons (Fsp3) is 0.188. The van der Waals surface area contributed by atoms with Crippen LogP contribution in [0.3, 0.4) is 0 Å². The van der Waals surface area contributed by atoms with Crippen molar-refractivity contribution in [2.24, 2.45) is 0 Å². The Bertz CT molecular complexity index is 769. The number of hydrogen-bond acceptors (Lipinski definition) is 4. The van der Waals surface area contributed by atoms with Gasteiger partial charge in [-0.2, -0.15) is 0 Å². The zero-order chi connectivity index (χ0) is 16.9. The van der Waals surface area contributed by atoms with Gasteiger partial charge >= 0.3 is 6.09 Å². The maximum Gasteiger partial charge on any atom is 0.411 e. The number of ether oxygens (including phenoxy) is 1. The van der Waals surface area contributed by atoms with Crippen LogP contribution in [0.5, 0.6) is 0 Å². The Morgan fingerprint density at radius 3 is 2.13 bits per heavy atom. The second-order valence-electron chi connectivity index (χ2n) is 4.84. The summed E-state index contributed by atoms with van der Waals surface area (Å²) in [5, 5.41) is 2.50. The molecule has 0 aliphatic rings. The number of aryl methyl sites for hydroxylation is 1. The second-order valence-corrected chi connectivity index (χ2v) is 6.52. The van der Waals surface area contributed by atoms with Crippen LogP contribution in [0.2, 0.25) is 0 Å². The fourth-order valence-corrected chi connectivity index (χ4v) is 2.90. The summed E-state index contributed by atoms with van der Waals surface area (Å²) in [5.74, 6) is 0. The molecule has 0 aliphatic heterocycles. The number of carbonyl (C=O) groups excluding carboxylic acids is 1. The predicted octanol–water partition coefficient (Wildman–Crippen LogP) is 3.36. The maximum atomic E-state index is 12.3. The van der Waals surface area contributed by atoms with Crippen molar-refractivity contribution >= 4 is 27.5 Å². The molecule has 0 aromatic heterocycles. The number of amides is 1. The molecule has 2 aromatic rings. The molecule has 23 heavy (non-hydrogen) atoms. The largest absolute Gasteiger partial charge is 0.450 e. The van der Waals surface area contributed by atoms with Crippen molar-refractivity contribution in [3.05, 3.63) is 54.1 Å². The normalized spacial score (nSPS) is 10.9. The lowest BCUT2D eigenvalue weighted by Crippen LogP contribution is -2.14. The summed E-state index contributed by atoms with van der Waals surface area (Å²) >= 11 is 0. The lowest BCUT2D eigenvalue weighted by Gasteiger charge is -2.09. The molecule has 2 rings (SSSR count). The van der Waals surface area contributed by atoms with Gasteiger partial charge in [-0.1, -0.05) is 17.7 Å². The molecule has 0 heterocycles. The molecule has 0 bridgehead atoms. The highest BCUT2D eigenvalue weighted by atomic mass is 32.2. The highest BCUT2D eigenvalue weighted by Crippen LogP contribution is 2.18. The summed E-state index contributed by atoms with van der Waals surface area (Å²) in [4.78, 5) is 11.4. The van der Waals surface area contributed by atoms with Crippen molar-refractivity contribution in [1.29, 1.82) is 0 Å². The molecule has 0 unspecified atom stereocenters. The smallest absolute Gasteiger partial charge is 0.411 e. The molecule has 0 fully saturated rings. The molecule has 7 heteroatoms. The van der Waals surface area contributed by atoms with Gasteiger partial charge in [-0.05, 0) is 50.2 Å². The van der Waals surface area contributed by atoms with E-state index in [0.29, 0.717) is 11.4 Å². The van der Waals surface area contributed by atoms with Gasteiger partial charge in [-0.3, -0.25) is 10.0 Å². The average molecular weight is 334 g/mol. The van der Waals surface area contributed by atoms with Crippen LogP contribution in [-0.2, 0) is 14.8 Å². The second kappa shape index (κ2) is 7.15. The SMILES string of the molecule is CCOC(=O)Nc1ccc(S(=O)(=O)Nc2ccc(C)cc2)cc1.